The molecule has 0 spiro atoms. The standard InChI is InChI=1S/C74H125IN12O12/c1-14-16-33-54-69(94)83(11)59(42-50-27-20-17-21-28-50)67(92)78-56(38-47(3)4)70(95)84(12)61(73(98)86-35-24-19-25-36-86)44-63(89)82(10)58(39-48(5)6)68(93)79-65(49(7)15-2)74(99)81(9)46-64(90)87-37-34-57(87)72(97)85(13)60(43-51-29-22-18-23-30-51)71(96)80(8)45-62(88)76-55(66(91)77-54)41-52-31-26-32-53(75)40-52/h47-61,65H,14-46H2,1-13H3,(H,76,88)(H,77,91)(H,78,92)(H,79,93)/t49-,52?,53?,54?,55-,56-,57-,58-,59-,60-,61-,65-/m0/s1. The van der Waals surface area contributed by atoms with E-state index in [1.54, 1.807) is 19.0 Å². The molecular weight excluding hydrogens is 1380 g/mol. The minimum absolute atomic E-state index is 0.0586. The number of nitrogens with zero attached hydrogens (tertiary/aromatic N) is 8. The van der Waals surface area contributed by atoms with E-state index in [2.05, 4.69) is 43.9 Å². The first kappa shape index (κ1) is 82.3. The highest BCUT2D eigenvalue weighted by molar-refractivity contribution is 14.1. The summed E-state index contributed by atoms with van der Waals surface area (Å²) in [5, 5.41) is 12.1. The Kier molecular flexibility index (Phi) is 33.0. The summed E-state index contributed by atoms with van der Waals surface area (Å²) in [7, 11) is 9.03. The molecule has 0 aromatic carbocycles. The first-order valence-electron chi connectivity index (χ1n) is 37.9. The molecule has 6 rings (SSSR count). The Hall–Kier alpha value is -5.63. The van der Waals surface area contributed by atoms with E-state index in [0.29, 0.717) is 49.1 Å². The fraction of sp³-hybridized carbons (Fsp3) is 0.838. The van der Waals surface area contributed by atoms with Crippen LogP contribution in [0.2, 0.25) is 0 Å². The van der Waals surface area contributed by atoms with Crippen molar-refractivity contribution in [1.29, 1.82) is 0 Å². The zero-order valence-electron chi connectivity index (χ0n) is 62.4. The van der Waals surface area contributed by atoms with Crippen molar-refractivity contribution in [3.8, 4) is 0 Å². The van der Waals surface area contributed by atoms with Crippen LogP contribution in [0.1, 0.15) is 228 Å². The molecule has 99 heavy (non-hydrogen) atoms. The number of likely N-dealkylation sites (N-methyl/N-ethyl adjacent to an activating group) is 6. The van der Waals surface area contributed by atoms with E-state index >= 15 is 28.8 Å². The van der Waals surface area contributed by atoms with Crippen molar-refractivity contribution < 1.29 is 57.5 Å². The van der Waals surface area contributed by atoms with Crippen LogP contribution in [0.3, 0.4) is 0 Å². The lowest BCUT2D eigenvalue weighted by Crippen LogP contribution is -2.63. The van der Waals surface area contributed by atoms with Gasteiger partial charge >= 0.3 is 0 Å². The Morgan fingerprint density at radius 3 is 1.60 bits per heavy atom. The molecule has 12 amide bonds. The molecule has 25 heteroatoms. The largest absolute Gasteiger partial charge is 0.343 e. The van der Waals surface area contributed by atoms with Gasteiger partial charge in [-0.2, -0.15) is 0 Å². The fourth-order valence-corrected chi connectivity index (χ4v) is 17.0. The summed E-state index contributed by atoms with van der Waals surface area (Å²) in [5.41, 5.74) is 0. The number of rotatable bonds is 16. The maximum absolute atomic E-state index is 15.4. The second-order valence-corrected chi connectivity index (χ2v) is 32.9. The molecule has 6 aliphatic rings. The van der Waals surface area contributed by atoms with Gasteiger partial charge in [0.15, 0.2) is 0 Å². The molecule has 3 saturated heterocycles. The third-order valence-electron chi connectivity index (χ3n) is 22.4. The molecule has 3 saturated carbocycles. The lowest BCUT2D eigenvalue weighted by Gasteiger charge is -2.44. The zero-order chi connectivity index (χ0) is 72.9. The number of hydrogen-bond donors (Lipinski definition) is 4. The van der Waals surface area contributed by atoms with Crippen LogP contribution < -0.4 is 21.3 Å². The van der Waals surface area contributed by atoms with Crippen LogP contribution in [0.4, 0.5) is 0 Å². The minimum Gasteiger partial charge on any atom is -0.343 e. The van der Waals surface area contributed by atoms with Crippen LogP contribution in [-0.4, -0.2) is 243 Å². The van der Waals surface area contributed by atoms with Gasteiger partial charge in [-0.15, -0.1) is 0 Å². The molecule has 0 aromatic rings. The molecule has 4 N–H and O–H groups in total. The average molecular weight is 1500 g/mol. The quantitative estimate of drug-likeness (QED) is 0.0915. The van der Waals surface area contributed by atoms with Crippen LogP contribution in [0, 0.1) is 35.5 Å². The summed E-state index contributed by atoms with van der Waals surface area (Å²) < 4.78 is 0.357. The van der Waals surface area contributed by atoms with E-state index in [0.717, 1.165) is 109 Å². The number of piperidine rings is 1. The second kappa shape index (κ2) is 39.7. The molecule has 0 radical (unpaired) electrons. The van der Waals surface area contributed by atoms with Gasteiger partial charge in [-0.25, -0.2) is 0 Å². The molecule has 3 unspecified atom stereocenters. The van der Waals surface area contributed by atoms with Crippen molar-refractivity contribution in [3.63, 3.8) is 0 Å². The van der Waals surface area contributed by atoms with Crippen molar-refractivity contribution in [2.75, 3.05) is 75.0 Å². The van der Waals surface area contributed by atoms with E-state index in [9.17, 15) is 28.8 Å². The Morgan fingerprint density at radius 2 is 1.03 bits per heavy atom. The Morgan fingerprint density at radius 1 is 0.485 bits per heavy atom. The van der Waals surface area contributed by atoms with Gasteiger partial charge in [-0.05, 0) is 113 Å². The van der Waals surface area contributed by atoms with Gasteiger partial charge in [0, 0.05) is 65.8 Å². The predicted molar refractivity (Wildman–Crippen MR) is 389 cm³/mol. The lowest BCUT2D eigenvalue weighted by molar-refractivity contribution is -0.158. The molecule has 24 nitrogen and oxygen atoms in total. The molecular formula is C74H125IN12O12. The maximum atomic E-state index is 15.4. The summed E-state index contributed by atoms with van der Waals surface area (Å²) in [5.74, 6) is -7.13. The highest BCUT2D eigenvalue weighted by Gasteiger charge is 2.46. The van der Waals surface area contributed by atoms with Crippen molar-refractivity contribution in [3.05, 3.63) is 0 Å². The molecule has 0 aromatic heterocycles. The van der Waals surface area contributed by atoms with Crippen molar-refractivity contribution in [2.24, 2.45) is 35.5 Å². The summed E-state index contributed by atoms with van der Waals surface area (Å²) in [6.07, 6.45) is 18.1. The fourth-order valence-electron chi connectivity index (χ4n) is 15.8. The van der Waals surface area contributed by atoms with E-state index in [-0.39, 0.29) is 68.2 Å². The Balaban J connectivity index is 1.44. The monoisotopic (exact) mass is 1500 g/mol. The van der Waals surface area contributed by atoms with Gasteiger partial charge in [0.2, 0.25) is 70.9 Å². The van der Waals surface area contributed by atoms with Crippen LogP contribution in [0.15, 0.2) is 0 Å². The van der Waals surface area contributed by atoms with Crippen LogP contribution in [-0.2, 0) is 57.5 Å². The molecule has 560 valence electrons. The average Bonchev–Trinajstić information content (AvgIpc) is 0.795. The number of likely N-dealkylation sites (tertiary alicyclic amines) is 1. The van der Waals surface area contributed by atoms with Crippen molar-refractivity contribution in [1.82, 2.24) is 60.5 Å². The molecule has 0 bridgehead atoms. The van der Waals surface area contributed by atoms with E-state index in [1.807, 2.05) is 48.5 Å². The third-order valence-corrected chi connectivity index (χ3v) is 23.5. The number of fused-ring (bicyclic) bond motifs is 1. The maximum Gasteiger partial charge on any atom is 0.245 e. The van der Waals surface area contributed by atoms with Gasteiger partial charge in [-0.1, -0.05) is 167 Å². The summed E-state index contributed by atoms with van der Waals surface area (Å²) in [4.78, 5) is 191. The highest BCUT2D eigenvalue weighted by atomic mass is 127. The number of carbonyl (C=O) groups is 12. The van der Waals surface area contributed by atoms with E-state index in [4.69, 9.17) is 0 Å². The van der Waals surface area contributed by atoms with Gasteiger partial charge in [0.25, 0.3) is 0 Å². The van der Waals surface area contributed by atoms with Crippen LogP contribution in [0.5, 0.6) is 0 Å². The van der Waals surface area contributed by atoms with Crippen molar-refractivity contribution >= 4 is 93.5 Å². The van der Waals surface area contributed by atoms with Gasteiger partial charge in [0.05, 0.1) is 19.5 Å². The third kappa shape index (κ3) is 23.4. The first-order valence-corrected chi connectivity index (χ1v) is 39.2. The van der Waals surface area contributed by atoms with Crippen molar-refractivity contribution in [2.45, 2.75) is 287 Å². The lowest BCUT2D eigenvalue weighted by atomic mass is 9.84. The summed E-state index contributed by atoms with van der Waals surface area (Å²) >= 11 is 2.44. The van der Waals surface area contributed by atoms with Gasteiger partial charge in [-0.3, -0.25) is 57.5 Å². The number of unbranched alkanes of at least 4 members (excludes halogenated alkanes) is 1. The minimum atomic E-state index is -1.36. The molecule has 3 aliphatic carbocycles. The summed E-state index contributed by atoms with van der Waals surface area (Å²) in [6.45, 7) is 13.4. The number of carbonyl (C=O) groups excluding carboxylic acids is 12. The molecule has 6 fully saturated rings. The molecule has 3 aliphatic heterocycles. The van der Waals surface area contributed by atoms with E-state index in [1.165, 1.54) is 62.5 Å². The number of alkyl halides is 1. The number of halogens is 1. The number of nitrogens with one attached hydrogen (secondary N) is 4. The molecule has 12 atom stereocenters. The Labute approximate surface area is 605 Å². The molecule has 3 heterocycles. The Bertz CT molecular complexity index is 2760. The van der Waals surface area contributed by atoms with Gasteiger partial charge < -0.3 is 60.5 Å². The summed E-state index contributed by atoms with van der Waals surface area (Å²) in [6, 6.07) is -10.2. The number of hydrogen-bond acceptors (Lipinski definition) is 12. The van der Waals surface area contributed by atoms with Crippen LogP contribution >= 0.6 is 22.6 Å². The highest BCUT2D eigenvalue weighted by Crippen LogP contribution is 2.35. The first-order chi connectivity index (χ1) is 47.0. The van der Waals surface area contributed by atoms with Gasteiger partial charge in [0.1, 0.15) is 54.4 Å². The smallest absolute Gasteiger partial charge is 0.245 e. The second-order valence-electron chi connectivity index (χ2n) is 31.1. The topological polar surface area (TPSA) is 279 Å². The van der Waals surface area contributed by atoms with Crippen LogP contribution in [0.25, 0.3) is 0 Å². The predicted octanol–water partition coefficient (Wildman–Crippen LogP) is 6.82. The normalized spacial score (nSPS) is 29.5. The van der Waals surface area contributed by atoms with E-state index < -0.39 is 151 Å². The zero-order valence-corrected chi connectivity index (χ0v) is 64.6. The SMILES string of the molecule is CCCCC1NC(=O)[C@H](CC2CCCC(I)C2)NC(=O)CN(C)C(=O)[C@H](CC2CCCCC2)N(C)C(=O)[C@@H]2CCN2C(=O)CN(C)C(=O)[C@H]([C@@H](C)CC)NC(=O)[C@H](CC(C)C)N(C)C(=O)C[C@@H](C(=O)N2CCCCC2)N(C)C(=O)[C@H](CC(C)C)NC(=O)[C@H](CC2CCCCC2)N(C)C1=O. The number of amides is 12.